The van der Waals surface area contributed by atoms with Crippen LogP contribution in [0.15, 0.2) is 66.7 Å². The zero-order valence-electron chi connectivity index (χ0n) is 17.3. The molecule has 0 atom stereocenters. The molecule has 0 saturated heterocycles. The van der Waals surface area contributed by atoms with Crippen molar-refractivity contribution >= 4 is 34.1 Å². The SMILES string of the molecule is CCc1ccc2nc(-c3ccc(Cl)cc3)cc(C(=O)Nc3ccc(C)c(C)c3)c2c1. The van der Waals surface area contributed by atoms with Gasteiger partial charge >= 0.3 is 0 Å². The Morgan fingerprint density at radius 1 is 0.933 bits per heavy atom. The third kappa shape index (κ3) is 4.07. The molecule has 0 unspecified atom stereocenters. The normalized spacial score (nSPS) is 10.9. The molecule has 0 bridgehead atoms. The minimum Gasteiger partial charge on any atom is -0.322 e. The molecule has 0 aliphatic rings. The molecule has 0 aliphatic heterocycles. The minimum absolute atomic E-state index is 0.144. The van der Waals surface area contributed by atoms with Gasteiger partial charge in [0.1, 0.15) is 0 Å². The van der Waals surface area contributed by atoms with E-state index in [-0.39, 0.29) is 5.91 Å². The van der Waals surface area contributed by atoms with Gasteiger partial charge in [0.2, 0.25) is 0 Å². The molecule has 0 radical (unpaired) electrons. The second-order valence-corrected chi connectivity index (χ2v) is 7.96. The van der Waals surface area contributed by atoms with Gasteiger partial charge in [-0.15, -0.1) is 0 Å². The maximum Gasteiger partial charge on any atom is 0.256 e. The number of hydrogen-bond donors (Lipinski definition) is 1. The number of aromatic nitrogens is 1. The van der Waals surface area contributed by atoms with E-state index in [2.05, 4.69) is 31.3 Å². The van der Waals surface area contributed by atoms with Crippen LogP contribution in [0.1, 0.15) is 34.0 Å². The monoisotopic (exact) mass is 414 g/mol. The first kappa shape index (κ1) is 20.1. The average molecular weight is 415 g/mol. The zero-order valence-corrected chi connectivity index (χ0v) is 18.0. The number of carbonyl (C=O) groups is 1. The fourth-order valence-corrected chi connectivity index (χ4v) is 3.59. The molecule has 3 aromatic carbocycles. The first-order chi connectivity index (χ1) is 14.4. The van der Waals surface area contributed by atoms with E-state index in [1.165, 1.54) is 11.1 Å². The highest BCUT2D eigenvalue weighted by atomic mass is 35.5. The van der Waals surface area contributed by atoms with Crippen LogP contribution in [0, 0.1) is 13.8 Å². The number of anilines is 1. The van der Waals surface area contributed by atoms with Crippen molar-refractivity contribution in [2.75, 3.05) is 5.32 Å². The van der Waals surface area contributed by atoms with Gasteiger partial charge in [0.15, 0.2) is 0 Å². The van der Waals surface area contributed by atoms with Crippen LogP contribution in [-0.4, -0.2) is 10.9 Å². The molecule has 0 spiro atoms. The second-order valence-electron chi connectivity index (χ2n) is 7.52. The summed E-state index contributed by atoms with van der Waals surface area (Å²) in [7, 11) is 0. The Kier molecular flexibility index (Phi) is 5.56. The molecule has 150 valence electrons. The Labute approximate surface area is 181 Å². The van der Waals surface area contributed by atoms with Crippen LogP contribution < -0.4 is 5.32 Å². The first-order valence-corrected chi connectivity index (χ1v) is 10.4. The number of amides is 1. The smallest absolute Gasteiger partial charge is 0.256 e. The van der Waals surface area contributed by atoms with Crippen molar-refractivity contribution in [1.29, 1.82) is 0 Å². The fourth-order valence-electron chi connectivity index (χ4n) is 3.47. The lowest BCUT2D eigenvalue weighted by Crippen LogP contribution is -2.13. The van der Waals surface area contributed by atoms with Crippen molar-refractivity contribution in [3.63, 3.8) is 0 Å². The summed E-state index contributed by atoms with van der Waals surface area (Å²) < 4.78 is 0. The van der Waals surface area contributed by atoms with E-state index in [1.54, 1.807) is 0 Å². The summed E-state index contributed by atoms with van der Waals surface area (Å²) in [5.41, 5.74) is 7.36. The lowest BCUT2D eigenvalue weighted by molar-refractivity contribution is 0.102. The van der Waals surface area contributed by atoms with Crippen LogP contribution in [0.25, 0.3) is 22.2 Å². The van der Waals surface area contributed by atoms with Gasteiger partial charge in [-0.2, -0.15) is 0 Å². The predicted molar refractivity (Wildman–Crippen MR) is 125 cm³/mol. The molecule has 4 heteroatoms. The lowest BCUT2D eigenvalue weighted by atomic mass is 10.0. The van der Waals surface area contributed by atoms with E-state index < -0.39 is 0 Å². The molecule has 4 rings (SSSR count). The van der Waals surface area contributed by atoms with Crippen molar-refractivity contribution in [3.8, 4) is 11.3 Å². The first-order valence-electron chi connectivity index (χ1n) is 10.0. The van der Waals surface area contributed by atoms with Gasteiger partial charge in [-0.1, -0.05) is 42.8 Å². The van der Waals surface area contributed by atoms with E-state index in [9.17, 15) is 4.79 Å². The summed E-state index contributed by atoms with van der Waals surface area (Å²) in [6.45, 7) is 6.20. The Balaban J connectivity index is 1.83. The molecule has 0 aliphatic carbocycles. The number of pyridine rings is 1. The van der Waals surface area contributed by atoms with E-state index in [1.807, 2.05) is 61.5 Å². The number of aryl methyl sites for hydroxylation is 3. The van der Waals surface area contributed by atoms with Gasteiger partial charge in [0.25, 0.3) is 5.91 Å². The van der Waals surface area contributed by atoms with Crippen molar-refractivity contribution in [1.82, 2.24) is 4.98 Å². The number of carbonyl (C=O) groups excluding carboxylic acids is 1. The lowest BCUT2D eigenvalue weighted by Gasteiger charge is -2.13. The van der Waals surface area contributed by atoms with Crippen LogP contribution in [0.2, 0.25) is 5.02 Å². The van der Waals surface area contributed by atoms with Gasteiger partial charge in [-0.25, -0.2) is 4.98 Å². The Hall–Kier alpha value is -3.17. The van der Waals surface area contributed by atoms with Gasteiger partial charge in [0, 0.05) is 21.7 Å². The third-order valence-corrected chi connectivity index (χ3v) is 5.68. The molecule has 1 N–H and O–H groups in total. The average Bonchev–Trinajstić information content (AvgIpc) is 2.75. The number of nitrogens with one attached hydrogen (secondary N) is 1. The largest absolute Gasteiger partial charge is 0.322 e. The molecule has 0 fully saturated rings. The maximum absolute atomic E-state index is 13.3. The van der Waals surface area contributed by atoms with Gasteiger partial charge < -0.3 is 5.32 Å². The second kappa shape index (κ2) is 8.29. The summed E-state index contributed by atoms with van der Waals surface area (Å²) >= 11 is 6.04. The standard InChI is InChI=1S/C26H23ClN2O/c1-4-18-6-12-24-22(14-18)23(15-25(29-24)19-7-9-20(27)10-8-19)26(30)28-21-11-5-16(2)17(3)13-21/h5-15H,4H2,1-3H3,(H,28,30). The van der Waals surface area contributed by atoms with Gasteiger partial charge in [-0.3, -0.25) is 4.79 Å². The summed E-state index contributed by atoms with van der Waals surface area (Å²) in [6.07, 6.45) is 0.896. The topological polar surface area (TPSA) is 42.0 Å². The number of hydrogen-bond acceptors (Lipinski definition) is 2. The van der Waals surface area contributed by atoms with Crippen molar-refractivity contribution in [2.24, 2.45) is 0 Å². The van der Waals surface area contributed by atoms with Crippen LogP contribution in [0.4, 0.5) is 5.69 Å². The maximum atomic E-state index is 13.3. The Bertz CT molecular complexity index is 1250. The van der Waals surface area contributed by atoms with Crippen molar-refractivity contribution in [2.45, 2.75) is 27.2 Å². The van der Waals surface area contributed by atoms with Crippen LogP contribution in [-0.2, 0) is 6.42 Å². The van der Waals surface area contributed by atoms with Crippen LogP contribution in [0.3, 0.4) is 0 Å². The number of benzene rings is 3. The minimum atomic E-state index is -0.144. The summed E-state index contributed by atoms with van der Waals surface area (Å²) in [4.78, 5) is 18.1. The Morgan fingerprint density at radius 3 is 2.40 bits per heavy atom. The van der Waals surface area contributed by atoms with Crippen molar-refractivity contribution < 1.29 is 4.79 Å². The molecule has 30 heavy (non-hydrogen) atoms. The molecule has 4 aromatic rings. The van der Waals surface area contributed by atoms with E-state index in [4.69, 9.17) is 16.6 Å². The fraction of sp³-hybridized carbons (Fsp3) is 0.154. The number of nitrogens with zero attached hydrogens (tertiary/aromatic N) is 1. The predicted octanol–water partition coefficient (Wildman–Crippen LogP) is 6.99. The summed E-state index contributed by atoms with van der Waals surface area (Å²) in [6, 6.07) is 21.4. The quantitative estimate of drug-likeness (QED) is 0.391. The van der Waals surface area contributed by atoms with Gasteiger partial charge in [0.05, 0.1) is 16.8 Å². The van der Waals surface area contributed by atoms with Crippen molar-refractivity contribution in [3.05, 3.63) is 94.0 Å². The number of rotatable bonds is 4. The van der Waals surface area contributed by atoms with Crippen LogP contribution >= 0.6 is 11.6 Å². The molecule has 3 nitrogen and oxygen atoms in total. The number of halogens is 1. The molecule has 1 aromatic heterocycles. The van der Waals surface area contributed by atoms with Crippen LogP contribution in [0.5, 0.6) is 0 Å². The zero-order chi connectivity index (χ0) is 21.3. The summed E-state index contributed by atoms with van der Waals surface area (Å²) in [5.74, 6) is -0.144. The molecule has 0 saturated carbocycles. The van der Waals surface area contributed by atoms with E-state index in [0.29, 0.717) is 10.6 Å². The van der Waals surface area contributed by atoms with E-state index >= 15 is 0 Å². The molecular weight excluding hydrogens is 392 g/mol. The highest BCUT2D eigenvalue weighted by molar-refractivity contribution is 6.30. The Morgan fingerprint density at radius 2 is 1.70 bits per heavy atom. The highest BCUT2D eigenvalue weighted by Gasteiger charge is 2.15. The van der Waals surface area contributed by atoms with Gasteiger partial charge in [-0.05, 0) is 79.4 Å². The summed E-state index contributed by atoms with van der Waals surface area (Å²) in [5, 5.41) is 4.58. The molecule has 1 heterocycles. The number of fused-ring (bicyclic) bond motifs is 1. The molecular formula is C26H23ClN2O. The third-order valence-electron chi connectivity index (χ3n) is 5.43. The highest BCUT2D eigenvalue weighted by Crippen LogP contribution is 2.28. The molecule has 1 amide bonds. The van der Waals surface area contributed by atoms with E-state index in [0.717, 1.165) is 39.8 Å².